The lowest BCUT2D eigenvalue weighted by Crippen LogP contribution is -2.26. The molecule has 60 valence electrons. The van der Waals surface area contributed by atoms with Crippen molar-refractivity contribution in [2.24, 2.45) is 0 Å². The maximum Gasteiger partial charge on any atom is 0.241 e. The molecule has 0 unspecified atom stereocenters. The Hall–Kier alpha value is 0.337. The van der Waals surface area contributed by atoms with Crippen molar-refractivity contribution in [1.29, 1.82) is 0 Å². The lowest BCUT2D eigenvalue weighted by Gasteiger charge is -2.21. The van der Waals surface area contributed by atoms with E-state index in [0.717, 1.165) is 0 Å². The molecule has 10 heavy (non-hydrogen) atoms. The molecule has 0 saturated heterocycles. The Kier molecular flexibility index (Phi) is 3.77. The van der Waals surface area contributed by atoms with Crippen LogP contribution >= 0.6 is 23.2 Å². The van der Waals surface area contributed by atoms with E-state index >= 15 is 0 Å². The van der Waals surface area contributed by atoms with Gasteiger partial charge in [0, 0.05) is 0 Å². The smallest absolute Gasteiger partial charge is 0.241 e. The quantitative estimate of drug-likeness (QED) is 0.385. The van der Waals surface area contributed by atoms with Crippen LogP contribution in [-0.2, 0) is 4.43 Å². The average molecular weight is 199 g/mol. The second-order valence-electron chi connectivity index (χ2n) is 2.98. The van der Waals surface area contributed by atoms with E-state index in [1.54, 1.807) is 0 Å². The van der Waals surface area contributed by atoms with Crippen molar-refractivity contribution < 1.29 is 4.43 Å². The molecule has 0 rings (SSSR count). The number of halogens is 2. The summed E-state index contributed by atoms with van der Waals surface area (Å²) in [5.41, 5.74) is 0. The Morgan fingerprint density at radius 1 is 1.40 bits per heavy atom. The van der Waals surface area contributed by atoms with Gasteiger partial charge in [0.05, 0.1) is 0 Å². The molecular formula is C6H12Cl2OSi. The molecular weight excluding hydrogens is 187 g/mol. The van der Waals surface area contributed by atoms with Crippen LogP contribution in [0.3, 0.4) is 0 Å². The molecule has 0 amide bonds. The Balaban J connectivity index is 3.81. The summed E-state index contributed by atoms with van der Waals surface area (Å²) in [4.78, 5) is -0.605. The average Bonchev–Trinajstić information content (AvgIpc) is 1.60. The largest absolute Gasteiger partial charge is 0.546 e. The first-order chi connectivity index (χ1) is 4.33. The summed E-state index contributed by atoms with van der Waals surface area (Å²) >= 11 is 11.0. The van der Waals surface area contributed by atoms with Crippen molar-refractivity contribution in [1.82, 2.24) is 0 Å². The Labute approximate surface area is 73.1 Å². The highest BCUT2D eigenvalue weighted by molar-refractivity contribution is 6.70. The molecule has 0 aromatic carbocycles. The lowest BCUT2D eigenvalue weighted by atomic mass is 10.7. The van der Waals surface area contributed by atoms with E-state index in [9.17, 15) is 0 Å². The molecule has 0 bridgehead atoms. The Morgan fingerprint density at radius 2 is 1.80 bits per heavy atom. The van der Waals surface area contributed by atoms with Gasteiger partial charge in [0.15, 0.2) is 4.84 Å². The van der Waals surface area contributed by atoms with Gasteiger partial charge in [0.2, 0.25) is 8.32 Å². The van der Waals surface area contributed by atoms with Crippen molar-refractivity contribution in [2.45, 2.75) is 24.5 Å². The highest BCUT2D eigenvalue weighted by atomic mass is 35.5. The van der Waals surface area contributed by atoms with Crippen LogP contribution in [0.15, 0.2) is 12.3 Å². The number of rotatable bonds is 3. The minimum atomic E-state index is -1.55. The molecule has 4 heteroatoms. The maximum atomic E-state index is 5.50. The third-order valence-electron chi connectivity index (χ3n) is 0.681. The van der Waals surface area contributed by atoms with Gasteiger partial charge in [0.25, 0.3) is 0 Å². The zero-order valence-corrected chi connectivity index (χ0v) is 8.96. The van der Waals surface area contributed by atoms with Crippen LogP contribution in [0.1, 0.15) is 0 Å². The van der Waals surface area contributed by atoms with Crippen LogP contribution in [0.2, 0.25) is 19.6 Å². The highest BCUT2D eigenvalue weighted by Gasteiger charge is 2.19. The zero-order chi connectivity index (χ0) is 8.36. The minimum absolute atomic E-state index is 0.461. The fraction of sp³-hybridized carbons (Fsp3) is 0.667. The first kappa shape index (κ1) is 10.3. The number of hydrogen-bond donors (Lipinski definition) is 0. The molecule has 0 fully saturated rings. The van der Waals surface area contributed by atoms with Crippen molar-refractivity contribution in [3.8, 4) is 0 Å². The SMILES string of the molecule is C=C(O[Si](C)(C)C)C(Cl)Cl. The summed E-state index contributed by atoms with van der Waals surface area (Å²) in [6, 6.07) is 0. The molecule has 0 aromatic rings. The molecule has 0 radical (unpaired) electrons. The van der Waals surface area contributed by atoms with Gasteiger partial charge in [-0.1, -0.05) is 29.8 Å². The van der Waals surface area contributed by atoms with Crippen LogP contribution in [0.4, 0.5) is 0 Å². The van der Waals surface area contributed by atoms with E-state index in [4.69, 9.17) is 27.6 Å². The third-order valence-corrected chi connectivity index (χ3v) is 2.04. The summed E-state index contributed by atoms with van der Waals surface area (Å²) in [6.45, 7) is 9.74. The molecule has 0 aliphatic heterocycles. The van der Waals surface area contributed by atoms with Gasteiger partial charge >= 0.3 is 0 Å². The number of allylic oxidation sites excluding steroid dienone is 1. The molecule has 0 aliphatic rings. The van der Waals surface area contributed by atoms with E-state index in [1.165, 1.54) is 0 Å². The first-order valence-electron chi connectivity index (χ1n) is 2.99. The van der Waals surface area contributed by atoms with Crippen molar-refractivity contribution >= 4 is 31.5 Å². The lowest BCUT2D eigenvalue weighted by molar-refractivity contribution is 0.423. The van der Waals surface area contributed by atoms with Crippen molar-refractivity contribution in [3.05, 3.63) is 12.3 Å². The summed E-state index contributed by atoms with van der Waals surface area (Å²) in [6.07, 6.45) is 0. The van der Waals surface area contributed by atoms with Crippen LogP contribution in [0.25, 0.3) is 0 Å². The van der Waals surface area contributed by atoms with E-state index in [0.29, 0.717) is 5.76 Å². The van der Waals surface area contributed by atoms with E-state index in [-0.39, 0.29) is 0 Å². The minimum Gasteiger partial charge on any atom is -0.546 e. The van der Waals surface area contributed by atoms with Crippen LogP contribution in [0.5, 0.6) is 0 Å². The van der Waals surface area contributed by atoms with Gasteiger partial charge < -0.3 is 4.43 Å². The Morgan fingerprint density at radius 3 is 1.90 bits per heavy atom. The van der Waals surface area contributed by atoms with E-state index in [1.807, 2.05) is 19.6 Å². The normalized spacial score (nSPS) is 11.8. The topological polar surface area (TPSA) is 9.23 Å². The second-order valence-corrected chi connectivity index (χ2v) is 8.51. The third kappa shape index (κ3) is 5.15. The predicted molar refractivity (Wildman–Crippen MR) is 49.1 cm³/mol. The monoisotopic (exact) mass is 198 g/mol. The molecule has 0 heterocycles. The molecule has 0 spiro atoms. The van der Waals surface area contributed by atoms with Gasteiger partial charge in [-0.3, -0.25) is 0 Å². The zero-order valence-electron chi connectivity index (χ0n) is 6.45. The second kappa shape index (κ2) is 3.65. The van der Waals surface area contributed by atoms with Crippen molar-refractivity contribution in [2.75, 3.05) is 0 Å². The molecule has 0 aliphatic carbocycles. The summed E-state index contributed by atoms with van der Waals surface area (Å²) in [5.74, 6) is 0.461. The molecule has 0 saturated carbocycles. The summed E-state index contributed by atoms with van der Waals surface area (Å²) in [7, 11) is -1.55. The Bertz CT molecular complexity index is 128. The van der Waals surface area contributed by atoms with Gasteiger partial charge in [-0.25, -0.2) is 0 Å². The fourth-order valence-electron chi connectivity index (χ4n) is 0.438. The van der Waals surface area contributed by atoms with E-state index < -0.39 is 13.2 Å². The standard InChI is InChI=1S/C6H12Cl2OSi/c1-5(6(7)8)9-10(2,3)4/h6H,1H2,2-4H3. The predicted octanol–water partition coefficient (Wildman–Crippen LogP) is 3.16. The van der Waals surface area contributed by atoms with E-state index in [2.05, 4.69) is 6.58 Å². The first-order valence-corrected chi connectivity index (χ1v) is 7.27. The van der Waals surface area contributed by atoms with Crippen LogP contribution in [0, 0.1) is 0 Å². The fourth-order valence-corrected chi connectivity index (χ4v) is 1.58. The highest BCUT2D eigenvalue weighted by Crippen LogP contribution is 2.18. The molecule has 0 aromatic heterocycles. The summed E-state index contributed by atoms with van der Waals surface area (Å²) in [5, 5.41) is 0. The molecule has 0 atom stereocenters. The molecule has 0 N–H and O–H groups in total. The number of hydrogen-bond acceptors (Lipinski definition) is 1. The van der Waals surface area contributed by atoms with Gasteiger partial charge in [-0.2, -0.15) is 0 Å². The van der Waals surface area contributed by atoms with Crippen molar-refractivity contribution in [3.63, 3.8) is 0 Å². The number of alkyl halides is 2. The van der Waals surface area contributed by atoms with Gasteiger partial charge in [-0.05, 0) is 19.6 Å². The van der Waals surface area contributed by atoms with Crippen LogP contribution < -0.4 is 0 Å². The summed E-state index contributed by atoms with van der Waals surface area (Å²) < 4.78 is 5.38. The maximum absolute atomic E-state index is 5.50. The van der Waals surface area contributed by atoms with Gasteiger partial charge in [-0.15, -0.1) is 0 Å². The molecule has 1 nitrogen and oxygen atoms in total. The van der Waals surface area contributed by atoms with Gasteiger partial charge in [0.1, 0.15) is 5.76 Å². The van der Waals surface area contributed by atoms with Crippen LogP contribution in [-0.4, -0.2) is 13.2 Å².